The Kier molecular flexibility index (Phi) is 4.07. The highest BCUT2D eigenvalue weighted by Gasteiger charge is 2.57. The summed E-state index contributed by atoms with van der Waals surface area (Å²) >= 11 is 0. The first-order chi connectivity index (χ1) is 12.8. The first-order valence-corrected chi connectivity index (χ1v) is 9.00. The van der Waals surface area contributed by atoms with Gasteiger partial charge in [-0.2, -0.15) is 0 Å². The van der Waals surface area contributed by atoms with Gasteiger partial charge in [0, 0.05) is 49.2 Å². The van der Waals surface area contributed by atoms with Crippen LogP contribution in [0.4, 0.5) is 0 Å². The molecule has 7 heteroatoms. The Hall–Kier alpha value is -2.67. The molecule has 2 saturated heterocycles. The quantitative estimate of drug-likeness (QED) is 0.886. The van der Waals surface area contributed by atoms with E-state index in [0.29, 0.717) is 36.5 Å². The van der Waals surface area contributed by atoms with Crippen LogP contribution in [0.1, 0.15) is 16.1 Å². The molecule has 0 saturated carbocycles. The second-order valence-corrected chi connectivity index (χ2v) is 7.73. The topological polar surface area (TPSA) is 83.0 Å². The maximum absolute atomic E-state index is 13.3. The van der Waals surface area contributed by atoms with Crippen LogP contribution in [0.5, 0.6) is 5.75 Å². The summed E-state index contributed by atoms with van der Waals surface area (Å²) in [5, 5.41) is 10.6. The molecular weight excluding hydrogens is 346 g/mol. The summed E-state index contributed by atoms with van der Waals surface area (Å²) in [5.74, 6) is -0.304. The number of aromatic nitrogens is 1. The van der Waals surface area contributed by atoms with Crippen molar-refractivity contribution in [1.82, 2.24) is 14.8 Å². The molecule has 4 rings (SSSR count). The number of benzene rings is 1. The summed E-state index contributed by atoms with van der Waals surface area (Å²) in [6.07, 6.45) is 0. The van der Waals surface area contributed by atoms with Gasteiger partial charge in [0.1, 0.15) is 11.2 Å². The highest BCUT2D eigenvalue weighted by atomic mass is 16.5. The van der Waals surface area contributed by atoms with Gasteiger partial charge in [0.25, 0.3) is 5.91 Å². The van der Waals surface area contributed by atoms with E-state index in [2.05, 4.69) is 4.98 Å². The predicted octanol–water partition coefficient (Wildman–Crippen LogP) is 1.64. The monoisotopic (exact) mass is 369 g/mol. The minimum absolute atomic E-state index is 0.0433. The van der Waals surface area contributed by atoms with Gasteiger partial charge in [-0.05, 0) is 32.2 Å². The molecule has 27 heavy (non-hydrogen) atoms. The second-order valence-electron chi connectivity index (χ2n) is 7.73. The van der Waals surface area contributed by atoms with E-state index in [-0.39, 0.29) is 18.4 Å². The van der Waals surface area contributed by atoms with Crippen molar-refractivity contribution in [2.24, 2.45) is 11.3 Å². The Bertz CT molecular complexity index is 944. The van der Waals surface area contributed by atoms with Crippen LogP contribution >= 0.6 is 0 Å². The number of hydrogen-bond donors (Lipinski definition) is 1. The summed E-state index contributed by atoms with van der Waals surface area (Å²) in [6.45, 7) is 3.74. The molecule has 2 aromatic rings. The van der Waals surface area contributed by atoms with Crippen LogP contribution in [0.3, 0.4) is 0 Å². The SMILES string of the molecule is COc1ccc2c(C(=O)N3C[C@@H]4CN(C)C[C@]4(C(=O)O)C3)cc(C)nc2c1. The zero-order valence-corrected chi connectivity index (χ0v) is 15.7. The molecule has 2 atom stereocenters. The Balaban J connectivity index is 1.71. The second kappa shape index (κ2) is 6.20. The van der Waals surface area contributed by atoms with Crippen molar-refractivity contribution in [3.05, 3.63) is 35.5 Å². The molecule has 0 radical (unpaired) electrons. The number of amides is 1. The number of carboxylic acid groups (broad SMARTS) is 1. The zero-order valence-electron chi connectivity index (χ0n) is 15.7. The Morgan fingerprint density at radius 1 is 1.26 bits per heavy atom. The number of carboxylic acids is 1. The smallest absolute Gasteiger partial charge is 0.313 e. The number of carbonyl (C=O) groups excluding carboxylic acids is 1. The molecule has 142 valence electrons. The third kappa shape index (κ3) is 2.73. The molecule has 2 fully saturated rings. The molecule has 1 N–H and O–H groups in total. The van der Waals surface area contributed by atoms with Crippen molar-refractivity contribution in [2.75, 3.05) is 40.3 Å². The van der Waals surface area contributed by atoms with Gasteiger partial charge in [0.2, 0.25) is 0 Å². The van der Waals surface area contributed by atoms with Crippen molar-refractivity contribution in [3.8, 4) is 5.75 Å². The molecule has 0 unspecified atom stereocenters. The summed E-state index contributed by atoms with van der Waals surface area (Å²) in [6, 6.07) is 7.24. The van der Waals surface area contributed by atoms with E-state index >= 15 is 0 Å². The number of fused-ring (bicyclic) bond motifs is 2. The maximum atomic E-state index is 13.3. The number of carbonyl (C=O) groups is 2. The fourth-order valence-corrected chi connectivity index (χ4v) is 4.59. The van der Waals surface area contributed by atoms with E-state index < -0.39 is 11.4 Å². The number of pyridine rings is 1. The standard InChI is InChI=1S/C20H23N3O4/c1-12-6-16(15-5-4-14(27-3)7-17(15)21-12)18(24)23-9-13-8-22(2)10-20(13,11-23)19(25)26/h4-7,13H,8-11H2,1-3H3,(H,25,26)/t13-,20-/m0/s1. The van der Waals surface area contributed by atoms with Gasteiger partial charge in [-0.1, -0.05) is 0 Å². The Morgan fingerprint density at radius 2 is 2.04 bits per heavy atom. The summed E-state index contributed by atoms with van der Waals surface area (Å²) < 4.78 is 5.26. The maximum Gasteiger partial charge on any atom is 0.313 e. The van der Waals surface area contributed by atoms with Crippen molar-refractivity contribution >= 4 is 22.8 Å². The first kappa shape index (κ1) is 17.7. The lowest BCUT2D eigenvalue weighted by Gasteiger charge is -2.24. The van der Waals surface area contributed by atoms with Gasteiger partial charge in [-0.3, -0.25) is 14.6 Å². The Labute approximate surface area is 157 Å². The van der Waals surface area contributed by atoms with Crippen molar-refractivity contribution in [2.45, 2.75) is 6.92 Å². The van der Waals surface area contributed by atoms with Gasteiger partial charge < -0.3 is 19.6 Å². The van der Waals surface area contributed by atoms with E-state index in [1.807, 2.05) is 37.1 Å². The molecule has 1 aromatic heterocycles. The van der Waals surface area contributed by atoms with Crippen LogP contribution in [0.15, 0.2) is 24.3 Å². The molecule has 0 bridgehead atoms. The molecular formula is C20H23N3O4. The highest BCUT2D eigenvalue weighted by Crippen LogP contribution is 2.43. The average Bonchev–Trinajstić information content (AvgIpc) is 3.13. The van der Waals surface area contributed by atoms with Gasteiger partial charge in [0.05, 0.1) is 18.2 Å². The first-order valence-electron chi connectivity index (χ1n) is 9.00. The highest BCUT2D eigenvalue weighted by molar-refractivity contribution is 6.06. The fraction of sp³-hybridized carbons (Fsp3) is 0.450. The van der Waals surface area contributed by atoms with Gasteiger partial charge in [-0.15, -0.1) is 0 Å². The zero-order chi connectivity index (χ0) is 19.3. The molecule has 2 aliphatic heterocycles. The number of aliphatic carboxylic acids is 1. The minimum atomic E-state index is -0.870. The Morgan fingerprint density at radius 3 is 2.70 bits per heavy atom. The van der Waals surface area contributed by atoms with Crippen molar-refractivity contribution in [3.63, 3.8) is 0 Å². The lowest BCUT2D eigenvalue weighted by molar-refractivity contribution is -0.148. The number of methoxy groups -OCH3 is 1. The summed E-state index contributed by atoms with van der Waals surface area (Å²) in [4.78, 5) is 33.6. The fourth-order valence-electron chi connectivity index (χ4n) is 4.59. The molecule has 2 aliphatic rings. The lowest BCUT2D eigenvalue weighted by Crippen LogP contribution is -2.41. The number of ether oxygens (including phenoxy) is 1. The van der Waals surface area contributed by atoms with E-state index in [4.69, 9.17) is 4.74 Å². The van der Waals surface area contributed by atoms with Gasteiger partial charge in [-0.25, -0.2) is 0 Å². The van der Waals surface area contributed by atoms with Crippen molar-refractivity contribution < 1.29 is 19.4 Å². The molecule has 0 spiro atoms. The van der Waals surface area contributed by atoms with E-state index in [9.17, 15) is 14.7 Å². The molecule has 1 amide bonds. The average molecular weight is 369 g/mol. The predicted molar refractivity (Wildman–Crippen MR) is 100.0 cm³/mol. The third-order valence-electron chi connectivity index (χ3n) is 5.87. The third-order valence-corrected chi connectivity index (χ3v) is 5.87. The normalized spacial score (nSPS) is 25.0. The van der Waals surface area contributed by atoms with Crippen LogP contribution in [0, 0.1) is 18.3 Å². The molecule has 3 heterocycles. The largest absolute Gasteiger partial charge is 0.497 e. The lowest BCUT2D eigenvalue weighted by atomic mass is 9.81. The van der Waals surface area contributed by atoms with Crippen LogP contribution in [-0.2, 0) is 4.79 Å². The number of nitrogens with zero attached hydrogens (tertiary/aromatic N) is 3. The molecule has 1 aromatic carbocycles. The number of likely N-dealkylation sites (tertiary alicyclic amines) is 2. The van der Waals surface area contributed by atoms with E-state index in [0.717, 1.165) is 11.1 Å². The minimum Gasteiger partial charge on any atom is -0.497 e. The molecule has 7 nitrogen and oxygen atoms in total. The van der Waals surface area contributed by atoms with Gasteiger partial charge in [0.15, 0.2) is 0 Å². The van der Waals surface area contributed by atoms with Crippen LogP contribution < -0.4 is 4.74 Å². The van der Waals surface area contributed by atoms with E-state index in [1.54, 1.807) is 18.1 Å². The summed E-state index contributed by atoms with van der Waals surface area (Å²) in [7, 11) is 3.52. The number of hydrogen-bond acceptors (Lipinski definition) is 5. The molecule has 0 aliphatic carbocycles. The summed E-state index contributed by atoms with van der Waals surface area (Å²) in [5.41, 5.74) is 1.14. The van der Waals surface area contributed by atoms with Crippen LogP contribution in [0.25, 0.3) is 10.9 Å². The van der Waals surface area contributed by atoms with Crippen LogP contribution in [0.2, 0.25) is 0 Å². The number of aryl methyl sites for hydroxylation is 1. The van der Waals surface area contributed by atoms with Crippen molar-refractivity contribution in [1.29, 1.82) is 0 Å². The van der Waals surface area contributed by atoms with E-state index in [1.165, 1.54) is 0 Å². The number of rotatable bonds is 3. The van der Waals surface area contributed by atoms with Gasteiger partial charge >= 0.3 is 5.97 Å². The van der Waals surface area contributed by atoms with Crippen LogP contribution in [-0.4, -0.2) is 72.1 Å².